The van der Waals surface area contributed by atoms with Gasteiger partial charge < -0.3 is 5.32 Å². The summed E-state index contributed by atoms with van der Waals surface area (Å²) in [7, 11) is 1.90. The average Bonchev–Trinajstić information content (AvgIpc) is 3.08. The zero-order valence-electron chi connectivity index (χ0n) is 16.9. The third-order valence-corrected chi connectivity index (χ3v) is 5.62. The van der Waals surface area contributed by atoms with Gasteiger partial charge in [-0.1, -0.05) is 0 Å². The van der Waals surface area contributed by atoms with Crippen LogP contribution >= 0.6 is 24.8 Å². The Morgan fingerprint density at radius 2 is 1.83 bits per heavy atom. The molecule has 0 atom stereocenters. The summed E-state index contributed by atoms with van der Waals surface area (Å²) in [5.74, 6) is 0.919. The van der Waals surface area contributed by atoms with Gasteiger partial charge in [0.25, 0.3) is 0 Å². The standard InChI is InChI=1S/C22H22FN5.2ClH/c1-13-7-15(8-17-12-28(2)27-21(13)17)18-9-16-11-25-22(14-3-5-24-6-4-14)26-20(16)10-19(18)23;;/h7-12,14,24H,3-6H2,1-2H3;2*1H. The third kappa shape index (κ3) is 4.00. The highest BCUT2D eigenvalue weighted by molar-refractivity contribution is 5.90. The fourth-order valence-electron chi connectivity index (χ4n) is 4.15. The van der Waals surface area contributed by atoms with Crippen molar-refractivity contribution in [1.82, 2.24) is 25.1 Å². The highest BCUT2D eigenvalue weighted by Gasteiger charge is 2.19. The molecule has 0 radical (unpaired) electrons. The van der Waals surface area contributed by atoms with Crippen LogP contribution in [0.3, 0.4) is 0 Å². The highest BCUT2D eigenvalue weighted by atomic mass is 35.5. The van der Waals surface area contributed by atoms with E-state index in [9.17, 15) is 0 Å². The van der Waals surface area contributed by atoms with Crippen LogP contribution in [0.4, 0.5) is 4.39 Å². The molecule has 0 saturated carbocycles. The number of benzene rings is 2. The number of aryl methyl sites for hydroxylation is 2. The zero-order chi connectivity index (χ0) is 19.3. The number of fused-ring (bicyclic) bond motifs is 2. The van der Waals surface area contributed by atoms with E-state index >= 15 is 4.39 Å². The monoisotopic (exact) mass is 447 g/mol. The molecule has 5 nitrogen and oxygen atoms in total. The van der Waals surface area contributed by atoms with Crippen LogP contribution in [-0.2, 0) is 7.05 Å². The van der Waals surface area contributed by atoms with Gasteiger partial charge in [0.15, 0.2) is 0 Å². The molecule has 0 unspecified atom stereocenters. The molecule has 0 bridgehead atoms. The zero-order valence-corrected chi connectivity index (χ0v) is 18.5. The Hall–Kier alpha value is -2.28. The van der Waals surface area contributed by atoms with Gasteiger partial charge in [-0.15, -0.1) is 24.8 Å². The van der Waals surface area contributed by atoms with E-state index in [0.717, 1.165) is 59.2 Å². The van der Waals surface area contributed by atoms with E-state index in [1.807, 2.05) is 44.6 Å². The minimum Gasteiger partial charge on any atom is -0.317 e. The fraction of sp³-hybridized carbons (Fsp3) is 0.318. The summed E-state index contributed by atoms with van der Waals surface area (Å²) in [4.78, 5) is 9.26. The van der Waals surface area contributed by atoms with Crippen LogP contribution in [0.25, 0.3) is 32.9 Å². The van der Waals surface area contributed by atoms with Crippen molar-refractivity contribution in [2.75, 3.05) is 13.1 Å². The molecular weight excluding hydrogens is 424 g/mol. The van der Waals surface area contributed by atoms with Gasteiger partial charge in [0.1, 0.15) is 11.6 Å². The first kappa shape index (κ1) is 22.4. The largest absolute Gasteiger partial charge is 0.317 e. The second-order valence-corrected chi connectivity index (χ2v) is 7.68. The number of piperidine rings is 1. The SMILES string of the molecule is Cc1cc(-c2cc3cnc(C4CCNCC4)nc3cc2F)cc2cn(C)nc12.Cl.Cl. The highest BCUT2D eigenvalue weighted by Crippen LogP contribution is 2.32. The lowest BCUT2D eigenvalue weighted by Crippen LogP contribution is -2.27. The van der Waals surface area contributed by atoms with Crippen LogP contribution in [0.15, 0.2) is 36.7 Å². The molecule has 3 heterocycles. The van der Waals surface area contributed by atoms with Crippen molar-refractivity contribution in [3.8, 4) is 11.1 Å². The molecule has 0 aliphatic carbocycles. The minimum absolute atomic E-state index is 0. The Morgan fingerprint density at radius 3 is 2.60 bits per heavy atom. The molecular formula is C22H24Cl2FN5. The van der Waals surface area contributed by atoms with Crippen LogP contribution in [0.1, 0.15) is 30.1 Å². The minimum atomic E-state index is -0.259. The number of halogens is 3. The summed E-state index contributed by atoms with van der Waals surface area (Å²) in [5, 5.41) is 9.69. The molecule has 8 heteroatoms. The predicted octanol–water partition coefficient (Wildman–Crippen LogP) is 4.94. The molecule has 0 spiro atoms. The topological polar surface area (TPSA) is 55.6 Å². The number of aromatic nitrogens is 4. The normalized spacial score (nSPS) is 14.5. The molecule has 2 aromatic carbocycles. The molecule has 1 fully saturated rings. The Balaban J connectivity index is 0.00000128. The summed E-state index contributed by atoms with van der Waals surface area (Å²) in [6, 6.07) is 7.38. The first-order chi connectivity index (χ1) is 13.6. The van der Waals surface area contributed by atoms with E-state index in [1.54, 1.807) is 10.7 Å². The Labute approximate surface area is 186 Å². The quantitative estimate of drug-likeness (QED) is 0.472. The van der Waals surface area contributed by atoms with Crippen LogP contribution in [-0.4, -0.2) is 32.8 Å². The lowest BCUT2D eigenvalue weighted by Gasteiger charge is -2.21. The number of nitrogens with one attached hydrogen (secondary N) is 1. The van der Waals surface area contributed by atoms with Crippen LogP contribution < -0.4 is 5.32 Å². The van der Waals surface area contributed by atoms with E-state index in [0.29, 0.717) is 17.0 Å². The molecule has 30 heavy (non-hydrogen) atoms. The lowest BCUT2D eigenvalue weighted by molar-refractivity contribution is 0.446. The van der Waals surface area contributed by atoms with Crippen molar-refractivity contribution in [2.24, 2.45) is 7.05 Å². The first-order valence-corrected chi connectivity index (χ1v) is 9.70. The summed E-state index contributed by atoms with van der Waals surface area (Å²) in [5.41, 5.74) is 4.07. The maximum atomic E-state index is 15.0. The Morgan fingerprint density at radius 1 is 1.07 bits per heavy atom. The van der Waals surface area contributed by atoms with Gasteiger partial charge in [0.2, 0.25) is 0 Å². The molecule has 5 rings (SSSR count). The number of nitrogens with zero attached hydrogens (tertiary/aromatic N) is 4. The van der Waals surface area contributed by atoms with Gasteiger partial charge >= 0.3 is 0 Å². The van der Waals surface area contributed by atoms with Gasteiger partial charge in [-0.2, -0.15) is 5.10 Å². The van der Waals surface area contributed by atoms with Crippen molar-refractivity contribution < 1.29 is 4.39 Å². The van der Waals surface area contributed by atoms with Gasteiger partial charge in [-0.25, -0.2) is 14.4 Å². The Kier molecular flexibility index (Phi) is 6.60. The molecule has 158 valence electrons. The molecule has 2 aromatic heterocycles. The number of hydrogen-bond acceptors (Lipinski definition) is 4. The average molecular weight is 448 g/mol. The lowest BCUT2D eigenvalue weighted by atomic mass is 9.96. The van der Waals surface area contributed by atoms with E-state index in [-0.39, 0.29) is 30.6 Å². The second kappa shape index (κ2) is 8.84. The van der Waals surface area contributed by atoms with Gasteiger partial charge in [0, 0.05) is 47.8 Å². The maximum Gasteiger partial charge on any atom is 0.133 e. The predicted molar refractivity (Wildman–Crippen MR) is 123 cm³/mol. The van der Waals surface area contributed by atoms with Crippen molar-refractivity contribution in [1.29, 1.82) is 0 Å². The molecule has 4 aromatic rings. The fourth-order valence-corrected chi connectivity index (χ4v) is 4.15. The van der Waals surface area contributed by atoms with E-state index < -0.39 is 0 Å². The van der Waals surface area contributed by atoms with E-state index in [2.05, 4.69) is 20.4 Å². The smallest absolute Gasteiger partial charge is 0.133 e. The summed E-state index contributed by atoms with van der Waals surface area (Å²) in [6.07, 6.45) is 5.84. The molecule has 1 N–H and O–H groups in total. The maximum absolute atomic E-state index is 15.0. The molecule has 1 aliphatic rings. The summed E-state index contributed by atoms with van der Waals surface area (Å²) < 4.78 is 16.8. The Bertz CT molecular complexity index is 1200. The van der Waals surface area contributed by atoms with Crippen molar-refractivity contribution in [3.05, 3.63) is 53.9 Å². The second-order valence-electron chi connectivity index (χ2n) is 7.68. The first-order valence-electron chi connectivity index (χ1n) is 9.70. The van der Waals surface area contributed by atoms with Crippen LogP contribution in [0, 0.1) is 12.7 Å². The van der Waals surface area contributed by atoms with Gasteiger partial charge in [0.05, 0.1) is 11.0 Å². The number of rotatable bonds is 2. The van der Waals surface area contributed by atoms with Crippen molar-refractivity contribution in [2.45, 2.75) is 25.7 Å². The third-order valence-electron chi connectivity index (χ3n) is 5.62. The van der Waals surface area contributed by atoms with Gasteiger partial charge in [-0.3, -0.25) is 4.68 Å². The van der Waals surface area contributed by atoms with Crippen molar-refractivity contribution >= 4 is 46.6 Å². The van der Waals surface area contributed by atoms with Crippen molar-refractivity contribution in [3.63, 3.8) is 0 Å². The summed E-state index contributed by atoms with van der Waals surface area (Å²) in [6.45, 7) is 3.97. The van der Waals surface area contributed by atoms with Crippen LogP contribution in [0.5, 0.6) is 0 Å². The molecule has 0 amide bonds. The molecule has 1 aliphatic heterocycles. The van der Waals surface area contributed by atoms with E-state index in [4.69, 9.17) is 0 Å². The molecule has 1 saturated heterocycles. The van der Waals surface area contributed by atoms with Crippen LogP contribution in [0.2, 0.25) is 0 Å². The van der Waals surface area contributed by atoms with E-state index in [1.165, 1.54) is 0 Å². The number of hydrogen-bond donors (Lipinski definition) is 1. The van der Waals surface area contributed by atoms with Gasteiger partial charge in [-0.05, 0) is 62.2 Å². The summed E-state index contributed by atoms with van der Waals surface area (Å²) >= 11 is 0.